The first-order valence-electron chi connectivity index (χ1n) is 4.63. The third kappa shape index (κ3) is 2.46. The molecule has 2 heteroatoms. The summed E-state index contributed by atoms with van der Waals surface area (Å²) >= 11 is 0. The maximum Gasteiger partial charge on any atom is 0.220 e. The molecule has 0 atom stereocenters. The van der Waals surface area contributed by atoms with Crippen molar-refractivity contribution in [2.75, 3.05) is 7.11 Å². The zero-order valence-electron chi connectivity index (χ0n) is 8.49. The first-order chi connectivity index (χ1) is 6.79. The van der Waals surface area contributed by atoms with Crippen LogP contribution in [0.5, 0.6) is 5.75 Å². The third-order valence-corrected chi connectivity index (χ3v) is 1.86. The normalized spacial score (nSPS) is 10.4. The molecule has 0 bridgehead atoms. The van der Waals surface area contributed by atoms with Crippen molar-refractivity contribution in [1.29, 1.82) is 0 Å². The van der Waals surface area contributed by atoms with E-state index >= 15 is 0 Å². The van der Waals surface area contributed by atoms with Gasteiger partial charge in [0.25, 0.3) is 0 Å². The largest absolute Gasteiger partial charge is 0.492 e. The summed E-state index contributed by atoms with van der Waals surface area (Å²) in [6.45, 7) is 2.05. The van der Waals surface area contributed by atoms with Gasteiger partial charge in [-0.25, -0.2) is 0 Å². The summed E-state index contributed by atoms with van der Waals surface area (Å²) in [4.78, 5) is 11.5. The topological polar surface area (TPSA) is 26.3 Å². The number of methoxy groups -OCH3 is 1. The Bertz CT molecular complexity index is 380. The predicted octanol–water partition coefficient (Wildman–Crippen LogP) is 2.48. The van der Waals surface area contributed by atoms with Crippen LogP contribution in [0, 0.1) is 0 Å². The Labute approximate surface area is 83.9 Å². The Hall–Kier alpha value is -1.57. The van der Waals surface area contributed by atoms with Gasteiger partial charge in [0.2, 0.25) is 5.43 Å². The van der Waals surface area contributed by atoms with Gasteiger partial charge in [-0.2, -0.15) is 0 Å². The minimum atomic E-state index is -0.0896. The van der Waals surface area contributed by atoms with Crippen LogP contribution < -0.4 is 10.2 Å². The molecule has 0 aliphatic heterocycles. The van der Waals surface area contributed by atoms with Crippen LogP contribution in [0.3, 0.4) is 0 Å². The van der Waals surface area contributed by atoms with E-state index in [1.54, 1.807) is 6.07 Å². The molecule has 0 amide bonds. The second kappa shape index (κ2) is 5.22. The standard InChI is InChI=1S/C12H14O2/c1-3-4-7-10-8-5-6-9-11(13)12(10)14-2/h4-9H,3H2,1-2H3/b7-4+. The van der Waals surface area contributed by atoms with Gasteiger partial charge in [0.15, 0.2) is 5.75 Å². The fourth-order valence-corrected chi connectivity index (χ4v) is 1.19. The van der Waals surface area contributed by atoms with Crippen molar-refractivity contribution in [2.45, 2.75) is 13.3 Å². The summed E-state index contributed by atoms with van der Waals surface area (Å²) in [5, 5.41) is 0. The van der Waals surface area contributed by atoms with Gasteiger partial charge < -0.3 is 4.74 Å². The summed E-state index contributed by atoms with van der Waals surface area (Å²) < 4.78 is 5.07. The lowest BCUT2D eigenvalue weighted by Gasteiger charge is -1.98. The van der Waals surface area contributed by atoms with Crippen LogP contribution in [0.15, 0.2) is 35.1 Å². The molecule has 74 valence electrons. The quantitative estimate of drug-likeness (QED) is 0.732. The van der Waals surface area contributed by atoms with E-state index in [0.717, 1.165) is 12.0 Å². The molecule has 0 saturated carbocycles. The molecular weight excluding hydrogens is 176 g/mol. The average Bonchev–Trinajstić information content (AvgIpc) is 2.36. The molecular formula is C12H14O2. The van der Waals surface area contributed by atoms with Crippen molar-refractivity contribution in [3.8, 4) is 5.75 Å². The van der Waals surface area contributed by atoms with E-state index < -0.39 is 0 Å². The van der Waals surface area contributed by atoms with Crippen LogP contribution in [0.4, 0.5) is 0 Å². The van der Waals surface area contributed by atoms with E-state index in [4.69, 9.17) is 4.74 Å². The van der Waals surface area contributed by atoms with Gasteiger partial charge in [0, 0.05) is 5.56 Å². The average molecular weight is 190 g/mol. The fourth-order valence-electron chi connectivity index (χ4n) is 1.19. The molecule has 0 aromatic heterocycles. The van der Waals surface area contributed by atoms with Crippen molar-refractivity contribution in [3.63, 3.8) is 0 Å². The minimum absolute atomic E-state index is 0.0896. The summed E-state index contributed by atoms with van der Waals surface area (Å²) in [6, 6.07) is 6.92. The Morgan fingerprint density at radius 3 is 2.71 bits per heavy atom. The zero-order chi connectivity index (χ0) is 10.4. The molecule has 0 spiro atoms. The van der Waals surface area contributed by atoms with Crippen LogP contribution in [0.25, 0.3) is 6.08 Å². The highest BCUT2D eigenvalue weighted by Gasteiger charge is 2.00. The molecule has 1 rings (SSSR count). The molecule has 1 aromatic carbocycles. The zero-order valence-corrected chi connectivity index (χ0v) is 8.49. The SMILES string of the molecule is CC/C=C/c1ccccc(=O)c1OC. The van der Waals surface area contributed by atoms with Gasteiger partial charge in [0.05, 0.1) is 7.11 Å². The number of hydrogen-bond donors (Lipinski definition) is 0. The van der Waals surface area contributed by atoms with E-state index in [0.29, 0.717) is 5.75 Å². The Morgan fingerprint density at radius 1 is 1.36 bits per heavy atom. The lowest BCUT2D eigenvalue weighted by molar-refractivity contribution is 0.410. The van der Waals surface area contributed by atoms with Crippen molar-refractivity contribution in [3.05, 3.63) is 46.1 Å². The lowest BCUT2D eigenvalue weighted by Crippen LogP contribution is -2.01. The molecule has 0 saturated heterocycles. The van der Waals surface area contributed by atoms with Crippen LogP contribution in [-0.4, -0.2) is 7.11 Å². The monoisotopic (exact) mass is 190 g/mol. The highest BCUT2D eigenvalue weighted by molar-refractivity contribution is 5.56. The fraction of sp³-hybridized carbons (Fsp3) is 0.250. The third-order valence-electron chi connectivity index (χ3n) is 1.86. The van der Waals surface area contributed by atoms with Crippen LogP contribution in [0.1, 0.15) is 18.9 Å². The first kappa shape index (κ1) is 10.5. The van der Waals surface area contributed by atoms with Crippen molar-refractivity contribution in [1.82, 2.24) is 0 Å². The Kier molecular flexibility index (Phi) is 3.92. The van der Waals surface area contributed by atoms with Gasteiger partial charge in [0.1, 0.15) is 0 Å². The summed E-state index contributed by atoms with van der Waals surface area (Å²) in [5.41, 5.74) is 0.734. The summed E-state index contributed by atoms with van der Waals surface area (Å²) in [7, 11) is 1.51. The second-order valence-corrected chi connectivity index (χ2v) is 2.88. The van der Waals surface area contributed by atoms with E-state index in [1.165, 1.54) is 13.2 Å². The van der Waals surface area contributed by atoms with Crippen molar-refractivity contribution >= 4 is 6.08 Å². The molecule has 0 fully saturated rings. The van der Waals surface area contributed by atoms with Crippen LogP contribution in [0.2, 0.25) is 0 Å². The molecule has 0 unspecified atom stereocenters. The van der Waals surface area contributed by atoms with Crippen LogP contribution in [-0.2, 0) is 0 Å². The number of hydrogen-bond acceptors (Lipinski definition) is 2. The van der Waals surface area contributed by atoms with Gasteiger partial charge >= 0.3 is 0 Å². The number of ether oxygens (including phenoxy) is 1. The lowest BCUT2D eigenvalue weighted by atomic mass is 10.2. The molecule has 2 nitrogen and oxygen atoms in total. The van der Waals surface area contributed by atoms with E-state index in [1.807, 2.05) is 31.2 Å². The van der Waals surface area contributed by atoms with Crippen molar-refractivity contribution in [2.24, 2.45) is 0 Å². The van der Waals surface area contributed by atoms with E-state index in [2.05, 4.69) is 0 Å². The molecule has 0 N–H and O–H groups in total. The molecule has 0 heterocycles. The van der Waals surface area contributed by atoms with Crippen molar-refractivity contribution < 1.29 is 4.74 Å². The second-order valence-electron chi connectivity index (χ2n) is 2.88. The van der Waals surface area contributed by atoms with Gasteiger partial charge in [-0.15, -0.1) is 0 Å². The Morgan fingerprint density at radius 2 is 2.07 bits per heavy atom. The molecule has 0 radical (unpaired) electrons. The molecule has 1 aromatic rings. The molecule has 0 aliphatic carbocycles. The molecule has 0 aliphatic rings. The smallest absolute Gasteiger partial charge is 0.220 e. The highest BCUT2D eigenvalue weighted by Crippen LogP contribution is 2.13. The summed E-state index contributed by atoms with van der Waals surface area (Å²) in [5.74, 6) is 0.403. The maximum absolute atomic E-state index is 11.5. The predicted molar refractivity (Wildman–Crippen MR) is 58.6 cm³/mol. The summed E-state index contributed by atoms with van der Waals surface area (Å²) in [6.07, 6.45) is 4.84. The highest BCUT2D eigenvalue weighted by atomic mass is 16.5. The van der Waals surface area contributed by atoms with E-state index in [9.17, 15) is 4.79 Å². The Balaban J connectivity index is 3.28. The maximum atomic E-state index is 11.5. The number of rotatable bonds is 3. The first-order valence-corrected chi connectivity index (χ1v) is 4.63. The molecule has 14 heavy (non-hydrogen) atoms. The van der Waals surface area contributed by atoms with Crippen LogP contribution >= 0.6 is 0 Å². The minimum Gasteiger partial charge on any atom is -0.492 e. The van der Waals surface area contributed by atoms with Gasteiger partial charge in [-0.05, 0) is 12.5 Å². The number of allylic oxidation sites excluding steroid dienone is 1. The van der Waals surface area contributed by atoms with Gasteiger partial charge in [-0.3, -0.25) is 4.79 Å². The van der Waals surface area contributed by atoms with Gasteiger partial charge in [-0.1, -0.05) is 37.3 Å². The van der Waals surface area contributed by atoms with E-state index in [-0.39, 0.29) is 5.43 Å².